The van der Waals surface area contributed by atoms with Crippen LogP contribution in [0.4, 0.5) is 0 Å². The molecule has 0 amide bonds. The fourth-order valence-electron chi connectivity index (χ4n) is 2.42. The highest BCUT2D eigenvalue weighted by molar-refractivity contribution is 7.89. The topological polar surface area (TPSA) is 76.9 Å². The summed E-state index contributed by atoms with van der Waals surface area (Å²) < 4.78 is 30.8. The summed E-state index contributed by atoms with van der Waals surface area (Å²) in [6.45, 7) is 7.42. The van der Waals surface area contributed by atoms with E-state index >= 15 is 0 Å². The van der Waals surface area contributed by atoms with E-state index < -0.39 is 16.1 Å². The Balaban J connectivity index is 1.88. The lowest BCUT2D eigenvalue weighted by atomic mass is 10.3. The normalized spacial score (nSPS) is 13.7. The molecule has 0 bridgehead atoms. The maximum Gasteiger partial charge on any atom is 0.244 e. The van der Waals surface area contributed by atoms with Gasteiger partial charge in [-0.05, 0) is 39.8 Å². The molecule has 0 saturated heterocycles. The van der Waals surface area contributed by atoms with E-state index in [9.17, 15) is 8.42 Å². The first-order valence-corrected chi connectivity index (χ1v) is 10.0. The highest BCUT2D eigenvalue weighted by Crippen LogP contribution is 2.27. The summed E-state index contributed by atoms with van der Waals surface area (Å²) in [6, 6.07) is 7.47. The predicted octanol–water partition coefficient (Wildman–Crippen LogP) is 3.42. The number of fused-ring (bicyclic) bond motifs is 1. The molecule has 2 heterocycles. The molecule has 0 fully saturated rings. The molecule has 3 aromatic rings. The maximum absolute atomic E-state index is 12.7. The molecule has 2 aromatic heterocycles. The van der Waals surface area contributed by atoms with Crippen molar-refractivity contribution in [2.45, 2.75) is 44.7 Å². The Kier molecular flexibility index (Phi) is 4.46. The van der Waals surface area contributed by atoms with Crippen molar-refractivity contribution in [3.63, 3.8) is 0 Å². The number of para-hydroxylation sites is 1. The van der Waals surface area contributed by atoms with Gasteiger partial charge in [0.2, 0.25) is 10.0 Å². The average molecular weight is 364 g/mol. The van der Waals surface area contributed by atoms with Crippen LogP contribution >= 0.6 is 11.3 Å². The van der Waals surface area contributed by atoms with Gasteiger partial charge in [0.25, 0.3) is 0 Å². The van der Waals surface area contributed by atoms with Gasteiger partial charge in [0.05, 0.1) is 22.0 Å². The Morgan fingerprint density at radius 1 is 1.21 bits per heavy atom. The van der Waals surface area contributed by atoms with Crippen molar-refractivity contribution in [3.8, 4) is 0 Å². The van der Waals surface area contributed by atoms with Crippen LogP contribution in [0.2, 0.25) is 0 Å². The van der Waals surface area contributed by atoms with E-state index in [-0.39, 0.29) is 10.9 Å². The van der Waals surface area contributed by atoms with Crippen LogP contribution in [0.1, 0.15) is 43.6 Å². The minimum atomic E-state index is -3.66. The van der Waals surface area contributed by atoms with Gasteiger partial charge in [-0.1, -0.05) is 12.1 Å². The van der Waals surface area contributed by atoms with E-state index in [0.717, 1.165) is 15.2 Å². The second kappa shape index (κ2) is 6.27. The van der Waals surface area contributed by atoms with Gasteiger partial charge >= 0.3 is 0 Å². The molecule has 0 aliphatic carbocycles. The standard InChI is InChI=1S/C16H20N4O2S2/c1-10(2)20-9-15(11(3)18-20)24(21,22)19-12(4)16-17-13-7-5-6-8-14(13)23-16/h5-10,12,19H,1-4H3. The van der Waals surface area contributed by atoms with Crippen molar-refractivity contribution < 1.29 is 8.42 Å². The highest BCUT2D eigenvalue weighted by atomic mass is 32.2. The van der Waals surface area contributed by atoms with Crippen LogP contribution in [0.15, 0.2) is 35.4 Å². The number of hydrogen-bond acceptors (Lipinski definition) is 5. The smallest absolute Gasteiger partial charge is 0.244 e. The molecule has 24 heavy (non-hydrogen) atoms. The summed E-state index contributed by atoms with van der Waals surface area (Å²) >= 11 is 1.50. The molecule has 0 aliphatic heterocycles. The van der Waals surface area contributed by atoms with Crippen molar-refractivity contribution >= 4 is 31.6 Å². The SMILES string of the molecule is Cc1nn(C(C)C)cc1S(=O)(=O)NC(C)c1nc2ccccc2s1. The summed E-state index contributed by atoms with van der Waals surface area (Å²) in [5, 5.41) is 5.02. The van der Waals surface area contributed by atoms with Crippen LogP contribution in [0.5, 0.6) is 0 Å². The lowest BCUT2D eigenvalue weighted by Crippen LogP contribution is -2.27. The average Bonchev–Trinajstić information content (AvgIpc) is 3.10. The van der Waals surface area contributed by atoms with Gasteiger partial charge in [-0.15, -0.1) is 11.3 Å². The lowest BCUT2D eigenvalue weighted by molar-refractivity contribution is 0.528. The summed E-state index contributed by atoms with van der Waals surface area (Å²) in [4.78, 5) is 4.73. The van der Waals surface area contributed by atoms with Gasteiger partial charge in [0.15, 0.2) is 0 Å². The van der Waals surface area contributed by atoms with Crippen LogP contribution in [-0.2, 0) is 10.0 Å². The highest BCUT2D eigenvalue weighted by Gasteiger charge is 2.25. The molecule has 128 valence electrons. The van der Waals surface area contributed by atoms with Gasteiger partial charge in [-0.3, -0.25) is 4.68 Å². The molecule has 1 N–H and O–H groups in total. The van der Waals surface area contributed by atoms with Crippen molar-refractivity contribution in [1.82, 2.24) is 19.5 Å². The molecule has 1 aromatic carbocycles. The van der Waals surface area contributed by atoms with Gasteiger partial charge < -0.3 is 0 Å². The first-order valence-electron chi connectivity index (χ1n) is 7.71. The Morgan fingerprint density at radius 2 is 1.92 bits per heavy atom. The lowest BCUT2D eigenvalue weighted by Gasteiger charge is -2.11. The van der Waals surface area contributed by atoms with E-state index in [4.69, 9.17) is 0 Å². The molecule has 0 aliphatic rings. The summed E-state index contributed by atoms with van der Waals surface area (Å²) in [6.07, 6.45) is 1.58. The number of nitrogens with one attached hydrogen (secondary N) is 1. The number of nitrogens with zero attached hydrogens (tertiary/aromatic N) is 3. The minimum Gasteiger partial charge on any atom is -0.269 e. The Bertz CT molecular complexity index is 940. The van der Waals surface area contributed by atoms with Gasteiger partial charge in [0.1, 0.15) is 9.90 Å². The van der Waals surface area contributed by atoms with Crippen molar-refractivity contribution in [2.24, 2.45) is 0 Å². The zero-order chi connectivity index (χ0) is 17.5. The molecule has 0 saturated carbocycles. The van der Waals surface area contributed by atoms with Crippen LogP contribution in [0.25, 0.3) is 10.2 Å². The first kappa shape index (κ1) is 17.1. The minimum absolute atomic E-state index is 0.106. The zero-order valence-corrected chi connectivity index (χ0v) is 15.6. The number of hydrogen-bond donors (Lipinski definition) is 1. The summed E-state index contributed by atoms with van der Waals surface area (Å²) in [7, 11) is -3.66. The number of rotatable bonds is 5. The molecule has 0 spiro atoms. The first-order chi connectivity index (χ1) is 11.3. The summed E-state index contributed by atoms with van der Waals surface area (Å²) in [5.74, 6) is 0. The van der Waals surface area contributed by atoms with Gasteiger partial charge in [0, 0.05) is 12.2 Å². The molecule has 1 unspecified atom stereocenters. The van der Waals surface area contributed by atoms with Crippen molar-refractivity contribution in [1.29, 1.82) is 0 Å². The number of sulfonamides is 1. The van der Waals surface area contributed by atoms with E-state index in [1.807, 2.05) is 38.1 Å². The Morgan fingerprint density at radius 3 is 2.54 bits per heavy atom. The van der Waals surface area contributed by atoms with Crippen LogP contribution in [0.3, 0.4) is 0 Å². The third-order valence-electron chi connectivity index (χ3n) is 3.70. The largest absolute Gasteiger partial charge is 0.269 e. The Labute approximate surface area is 145 Å². The number of benzene rings is 1. The monoisotopic (exact) mass is 364 g/mol. The molecule has 6 nitrogen and oxygen atoms in total. The fraction of sp³-hybridized carbons (Fsp3) is 0.375. The molecular formula is C16H20N4O2S2. The van der Waals surface area contributed by atoms with Crippen molar-refractivity contribution in [2.75, 3.05) is 0 Å². The zero-order valence-electron chi connectivity index (χ0n) is 14.0. The molecule has 3 rings (SSSR count). The molecule has 1 atom stereocenters. The maximum atomic E-state index is 12.7. The van der Waals surface area contributed by atoms with Gasteiger partial charge in [-0.25, -0.2) is 18.1 Å². The predicted molar refractivity (Wildman–Crippen MR) is 95.7 cm³/mol. The number of aryl methyl sites for hydroxylation is 1. The molecule has 8 heteroatoms. The fourth-order valence-corrected chi connectivity index (χ4v) is 4.84. The number of aromatic nitrogens is 3. The van der Waals surface area contributed by atoms with Gasteiger partial charge in [-0.2, -0.15) is 5.10 Å². The van der Waals surface area contributed by atoms with Crippen molar-refractivity contribution in [3.05, 3.63) is 41.2 Å². The summed E-state index contributed by atoms with van der Waals surface area (Å²) in [5.41, 5.74) is 1.38. The third kappa shape index (κ3) is 3.22. The van der Waals surface area contributed by atoms with E-state index in [0.29, 0.717) is 5.69 Å². The van der Waals surface area contributed by atoms with E-state index in [1.165, 1.54) is 11.3 Å². The molecule has 0 radical (unpaired) electrons. The Hall–Kier alpha value is -1.77. The van der Waals surface area contributed by atoms with Crippen LogP contribution in [0, 0.1) is 6.92 Å². The van der Waals surface area contributed by atoms with Crippen LogP contribution in [-0.4, -0.2) is 23.2 Å². The van der Waals surface area contributed by atoms with E-state index in [1.54, 1.807) is 24.7 Å². The molecular weight excluding hydrogens is 344 g/mol. The second-order valence-electron chi connectivity index (χ2n) is 6.02. The number of thiazole rings is 1. The quantitative estimate of drug-likeness (QED) is 0.752. The van der Waals surface area contributed by atoms with Crippen LogP contribution < -0.4 is 4.72 Å². The van der Waals surface area contributed by atoms with E-state index in [2.05, 4.69) is 14.8 Å². The third-order valence-corrected chi connectivity index (χ3v) is 6.57. The second-order valence-corrected chi connectivity index (χ2v) is 8.76.